The number of aliphatic carboxylic acids is 1. The third-order valence-corrected chi connectivity index (χ3v) is 2.45. The second-order valence-corrected chi connectivity index (χ2v) is 3.77. The van der Waals surface area contributed by atoms with Gasteiger partial charge in [-0.05, 0) is 0 Å². The van der Waals surface area contributed by atoms with Gasteiger partial charge in [-0.25, -0.2) is 5.48 Å². The number of nitrogens with one attached hydrogen (secondary N) is 2. The molecule has 1 aliphatic heterocycles. The fourth-order valence-corrected chi connectivity index (χ4v) is 1.46. The fourth-order valence-electron chi connectivity index (χ4n) is 0.917. The predicted octanol–water partition coefficient (Wildman–Crippen LogP) is -1.65. The standard InChI is InChI=1S/C7H10N2O5S/c10-5(2-15-3-6(11)12)8-4-1-14-9-7(4)13/h4H,1-3H2,(H,8,10)(H,9,13)(H,11,12)/t4-/m1/s1. The quantitative estimate of drug-likeness (QED) is 0.526. The summed E-state index contributed by atoms with van der Waals surface area (Å²) in [6, 6.07) is -0.678. The molecule has 2 amide bonds. The molecule has 0 spiro atoms. The Hall–Kier alpha value is -1.28. The zero-order chi connectivity index (χ0) is 11.3. The molecule has 1 rings (SSSR count). The van der Waals surface area contributed by atoms with Gasteiger partial charge >= 0.3 is 5.97 Å². The van der Waals surface area contributed by atoms with Crippen LogP contribution in [-0.4, -0.2) is 47.0 Å². The van der Waals surface area contributed by atoms with Crippen LogP contribution in [0.2, 0.25) is 0 Å². The van der Waals surface area contributed by atoms with E-state index in [2.05, 4.69) is 15.6 Å². The molecule has 0 radical (unpaired) electrons. The third-order valence-electron chi connectivity index (χ3n) is 1.53. The van der Waals surface area contributed by atoms with E-state index in [1.165, 1.54) is 0 Å². The SMILES string of the molecule is O=C(O)CSCC(=O)N[C@@H]1CONC1=O. The second-order valence-electron chi connectivity index (χ2n) is 2.78. The molecule has 0 unspecified atom stereocenters. The Labute approximate surface area is 89.5 Å². The second kappa shape index (κ2) is 5.56. The van der Waals surface area contributed by atoms with E-state index >= 15 is 0 Å². The molecular weight excluding hydrogens is 224 g/mol. The largest absolute Gasteiger partial charge is 0.481 e. The van der Waals surface area contributed by atoms with Crippen LogP contribution >= 0.6 is 11.8 Å². The smallest absolute Gasteiger partial charge is 0.313 e. The fraction of sp³-hybridized carbons (Fsp3) is 0.571. The Balaban J connectivity index is 2.18. The van der Waals surface area contributed by atoms with Gasteiger partial charge in [-0.15, -0.1) is 11.8 Å². The highest BCUT2D eigenvalue weighted by Crippen LogP contribution is 2.00. The first-order valence-electron chi connectivity index (χ1n) is 4.10. The lowest BCUT2D eigenvalue weighted by Crippen LogP contribution is -2.42. The van der Waals surface area contributed by atoms with Crippen molar-refractivity contribution in [2.75, 3.05) is 18.1 Å². The minimum absolute atomic E-state index is 0.0100. The monoisotopic (exact) mass is 234 g/mol. The first-order chi connectivity index (χ1) is 7.09. The maximum Gasteiger partial charge on any atom is 0.313 e. The minimum atomic E-state index is -0.977. The van der Waals surface area contributed by atoms with Crippen molar-refractivity contribution >= 4 is 29.5 Å². The topological polar surface area (TPSA) is 105 Å². The molecule has 15 heavy (non-hydrogen) atoms. The summed E-state index contributed by atoms with van der Waals surface area (Å²) >= 11 is 0.970. The lowest BCUT2D eigenvalue weighted by atomic mass is 10.3. The number of thioether (sulfide) groups is 1. The molecule has 0 aromatic rings. The molecule has 3 N–H and O–H groups in total. The zero-order valence-electron chi connectivity index (χ0n) is 7.69. The Morgan fingerprint density at radius 2 is 2.33 bits per heavy atom. The molecule has 0 bridgehead atoms. The van der Waals surface area contributed by atoms with E-state index in [4.69, 9.17) is 5.11 Å². The lowest BCUT2D eigenvalue weighted by Gasteiger charge is -2.07. The van der Waals surface area contributed by atoms with E-state index in [-0.39, 0.29) is 24.0 Å². The van der Waals surface area contributed by atoms with E-state index < -0.39 is 17.9 Å². The van der Waals surface area contributed by atoms with Gasteiger partial charge in [0.15, 0.2) is 0 Å². The van der Waals surface area contributed by atoms with Crippen LogP contribution in [-0.2, 0) is 19.2 Å². The van der Waals surface area contributed by atoms with Gasteiger partial charge in [0.05, 0.1) is 11.5 Å². The van der Waals surface area contributed by atoms with Crippen molar-refractivity contribution in [2.24, 2.45) is 0 Å². The molecule has 1 saturated heterocycles. The number of carbonyl (C=O) groups excluding carboxylic acids is 2. The molecule has 1 fully saturated rings. The lowest BCUT2D eigenvalue weighted by molar-refractivity contribution is -0.134. The molecule has 0 saturated carbocycles. The van der Waals surface area contributed by atoms with Crippen LogP contribution < -0.4 is 10.8 Å². The van der Waals surface area contributed by atoms with Crippen molar-refractivity contribution in [3.8, 4) is 0 Å². The van der Waals surface area contributed by atoms with Crippen LogP contribution in [0, 0.1) is 0 Å². The van der Waals surface area contributed by atoms with Crippen LogP contribution in [0.1, 0.15) is 0 Å². The zero-order valence-corrected chi connectivity index (χ0v) is 8.50. The Kier molecular flexibility index (Phi) is 4.37. The number of hydroxylamine groups is 1. The van der Waals surface area contributed by atoms with Gasteiger partial charge in [-0.1, -0.05) is 0 Å². The average Bonchev–Trinajstić information content (AvgIpc) is 2.51. The molecule has 84 valence electrons. The minimum Gasteiger partial charge on any atom is -0.481 e. The summed E-state index contributed by atoms with van der Waals surface area (Å²) in [5.41, 5.74) is 2.09. The highest BCUT2D eigenvalue weighted by Gasteiger charge is 2.26. The maximum absolute atomic E-state index is 11.2. The van der Waals surface area contributed by atoms with Crippen molar-refractivity contribution in [3.05, 3.63) is 0 Å². The first-order valence-corrected chi connectivity index (χ1v) is 5.25. The van der Waals surface area contributed by atoms with Crippen molar-refractivity contribution in [2.45, 2.75) is 6.04 Å². The predicted molar refractivity (Wildman–Crippen MR) is 51.0 cm³/mol. The van der Waals surface area contributed by atoms with E-state index in [9.17, 15) is 14.4 Å². The van der Waals surface area contributed by atoms with Gasteiger partial charge < -0.3 is 10.4 Å². The molecule has 0 aromatic heterocycles. The average molecular weight is 234 g/mol. The summed E-state index contributed by atoms with van der Waals surface area (Å²) in [4.78, 5) is 36.8. The summed E-state index contributed by atoms with van der Waals surface area (Å²) in [7, 11) is 0. The number of carboxylic acid groups (broad SMARTS) is 1. The molecule has 0 aliphatic carbocycles. The summed E-state index contributed by atoms with van der Waals surface area (Å²) in [5, 5.41) is 10.7. The van der Waals surface area contributed by atoms with Crippen LogP contribution in [0.4, 0.5) is 0 Å². The summed E-state index contributed by atoms with van der Waals surface area (Å²) in [6.07, 6.45) is 0. The van der Waals surface area contributed by atoms with Gasteiger partial charge in [0.2, 0.25) is 5.91 Å². The Bertz CT molecular complexity index is 283. The van der Waals surface area contributed by atoms with Crippen LogP contribution in [0.25, 0.3) is 0 Å². The van der Waals surface area contributed by atoms with Crippen molar-refractivity contribution in [1.29, 1.82) is 0 Å². The Morgan fingerprint density at radius 3 is 2.87 bits per heavy atom. The van der Waals surface area contributed by atoms with Gasteiger partial charge in [-0.2, -0.15) is 0 Å². The van der Waals surface area contributed by atoms with E-state index in [1.807, 2.05) is 0 Å². The molecule has 1 heterocycles. The first kappa shape index (κ1) is 11.8. The van der Waals surface area contributed by atoms with E-state index in [1.54, 1.807) is 0 Å². The number of rotatable bonds is 5. The van der Waals surface area contributed by atoms with Crippen molar-refractivity contribution in [1.82, 2.24) is 10.8 Å². The normalized spacial score (nSPS) is 19.7. The van der Waals surface area contributed by atoms with Gasteiger partial charge in [0, 0.05) is 0 Å². The third kappa shape index (κ3) is 4.17. The number of hydrogen-bond donors (Lipinski definition) is 3. The number of amides is 2. The van der Waals surface area contributed by atoms with Gasteiger partial charge in [-0.3, -0.25) is 19.2 Å². The van der Waals surface area contributed by atoms with Gasteiger partial charge in [0.25, 0.3) is 5.91 Å². The highest BCUT2D eigenvalue weighted by molar-refractivity contribution is 8.00. The number of carbonyl (C=O) groups is 3. The maximum atomic E-state index is 11.2. The number of hydrogen-bond acceptors (Lipinski definition) is 5. The summed E-state index contributed by atoms with van der Waals surface area (Å²) in [6.45, 7) is 0.0914. The summed E-state index contributed by atoms with van der Waals surface area (Å²) in [5.74, 6) is -1.88. The summed E-state index contributed by atoms with van der Waals surface area (Å²) < 4.78 is 0. The van der Waals surface area contributed by atoms with E-state index in [0.717, 1.165) is 11.8 Å². The van der Waals surface area contributed by atoms with Crippen molar-refractivity contribution in [3.63, 3.8) is 0 Å². The van der Waals surface area contributed by atoms with Crippen molar-refractivity contribution < 1.29 is 24.3 Å². The van der Waals surface area contributed by atoms with Crippen LogP contribution in [0.3, 0.4) is 0 Å². The highest BCUT2D eigenvalue weighted by atomic mass is 32.2. The molecule has 0 aromatic carbocycles. The van der Waals surface area contributed by atoms with Crippen LogP contribution in [0.15, 0.2) is 0 Å². The Morgan fingerprint density at radius 1 is 1.60 bits per heavy atom. The number of carboxylic acids is 1. The molecular formula is C7H10N2O5S. The van der Waals surface area contributed by atoms with E-state index in [0.29, 0.717) is 0 Å². The van der Waals surface area contributed by atoms with Crippen LogP contribution in [0.5, 0.6) is 0 Å². The van der Waals surface area contributed by atoms with Gasteiger partial charge in [0.1, 0.15) is 12.6 Å². The molecule has 8 heteroatoms. The molecule has 1 aliphatic rings. The molecule has 1 atom stereocenters. The molecule has 7 nitrogen and oxygen atoms in total.